The van der Waals surface area contributed by atoms with Crippen LogP contribution in [0.5, 0.6) is 0 Å². The van der Waals surface area contributed by atoms with Gasteiger partial charge in [-0.25, -0.2) is 0 Å². The van der Waals surface area contributed by atoms with E-state index in [4.69, 9.17) is 9.47 Å². The summed E-state index contributed by atoms with van der Waals surface area (Å²) in [6.07, 6.45) is 70.4. The van der Waals surface area contributed by atoms with Crippen LogP contribution in [0.3, 0.4) is 0 Å². The number of hydrogen-bond acceptors (Lipinski definition) is 8. The Labute approximate surface area is 497 Å². The first kappa shape index (κ1) is 77.2. The maximum absolute atomic E-state index is 13.2. The highest BCUT2D eigenvalue weighted by atomic mass is 16.7. The lowest BCUT2D eigenvalue weighted by atomic mass is 9.99. The highest BCUT2D eigenvalue weighted by Crippen LogP contribution is 2.24. The Morgan fingerprint density at radius 1 is 0.375 bits per heavy atom. The molecular formula is C71H141NO8. The van der Waals surface area contributed by atoms with E-state index in [9.17, 15) is 30.3 Å². The Balaban J connectivity index is 2.08. The van der Waals surface area contributed by atoms with Crippen molar-refractivity contribution < 1.29 is 39.8 Å². The normalized spacial score (nSPS) is 18.3. The summed E-state index contributed by atoms with van der Waals surface area (Å²) in [6, 6.07) is -0.715. The maximum Gasteiger partial charge on any atom is 0.220 e. The lowest BCUT2D eigenvalue weighted by Crippen LogP contribution is -2.60. The monoisotopic (exact) mass is 1140 g/mol. The lowest BCUT2D eigenvalue weighted by molar-refractivity contribution is -0.302. The van der Waals surface area contributed by atoms with Gasteiger partial charge in [-0.2, -0.15) is 0 Å². The van der Waals surface area contributed by atoms with E-state index in [2.05, 4.69) is 19.2 Å². The topological polar surface area (TPSA) is 149 Å². The molecule has 0 saturated carbocycles. The lowest BCUT2D eigenvalue weighted by Gasteiger charge is -2.40. The molecule has 478 valence electrons. The molecule has 1 fully saturated rings. The van der Waals surface area contributed by atoms with Gasteiger partial charge in [0.05, 0.1) is 25.4 Å². The molecule has 0 aliphatic carbocycles. The minimum atomic E-state index is -1.55. The van der Waals surface area contributed by atoms with E-state index in [1.54, 1.807) is 0 Å². The molecule has 1 saturated heterocycles. The van der Waals surface area contributed by atoms with Gasteiger partial charge in [0.15, 0.2) is 6.29 Å². The molecule has 7 atom stereocenters. The average Bonchev–Trinajstić information content (AvgIpc) is 3.46. The van der Waals surface area contributed by atoms with E-state index in [0.29, 0.717) is 12.8 Å². The predicted octanol–water partition coefficient (Wildman–Crippen LogP) is 19.7. The smallest absolute Gasteiger partial charge is 0.220 e. The first-order valence-electron chi connectivity index (χ1n) is 36.2. The number of carbonyl (C=O) groups is 1. The molecule has 0 bridgehead atoms. The van der Waals surface area contributed by atoms with Gasteiger partial charge in [-0.1, -0.05) is 373 Å². The Kier molecular flexibility index (Phi) is 59.1. The molecule has 1 aliphatic heterocycles. The SMILES string of the molecule is CCCCCCCCCCCCCCCCCCCCCCCCCCCCCCCC(=O)NC(COC1OC(CO)C(O)C(O)C1O)C(O)CCCCCCCCCCCCCCCCCCCCCCCCCCCCCC. The van der Waals surface area contributed by atoms with Crippen LogP contribution in [0.2, 0.25) is 0 Å². The van der Waals surface area contributed by atoms with Crippen molar-refractivity contribution in [1.29, 1.82) is 0 Å². The summed E-state index contributed by atoms with van der Waals surface area (Å²) in [5.74, 6) is -0.133. The quantitative estimate of drug-likeness (QED) is 0.0330. The van der Waals surface area contributed by atoms with Gasteiger partial charge >= 0.3 is 0 Å². The molecule has 1 aliphatic rings. The molecule has 6 N–H and O–H groups in total. The minimum absolute atomic E-state index is 0.130. The fourth-order valence-corrected chi connectivity index (χ4v) is 12.3. The van der Waals surface area contributed by atoms with Gasteiger partial charge in [0.2, 0.25) is 5.91 Å². The second-order valence-corrected chi connectivity index (χ2v) is 25.8. The third kappa shape index (κ3) is 49.5. The molecule has 0 radical (unpaired) electrons. The Bertz CT molecular complexity index is 1220. The van der Waals surface area contributed by atoms with Crippen LogP contribution in [-0.2, 0) is 14.3 Å². The highest BCUT2D eigenvalue weighted by molar-refractivity contribution is 5.76. The summed E-state index contributed by atoms with van der Waals surface area (Å²) < 4.78 is 11.4. The number of hydrogen-bond donors (Lipinski definition) is 6. The number of carbonyl (C=O) groups excluding carboxylic acids is 1. The van der Waals surface area contributed by atoms with Crippen LogP contribution < -0.4 is 5.32 Å². The van der Waals surface area contributed by atoms with E-state index in [1.807, 2.05) is 0 Å². The zero-order valence-electron chi connectivity index (χ0n) is 53.6. The molecule has 1 amide bonds. The third-order valence-electron chi connectivity index (χ3n) is 18.0. The average molecular weight is 1140 g/mol. The van der Waals surface area contributed by atoms with Crippen LogP contribution in [0.15, 0.2) is 0 Å². The van der Waals surface area contributed by atoms with Crippen LogP contribution in [0.4, 0.5) is 0 Å². The number of ether oxygens (including phenoxy) is 2. The Morgan fingerprint density at radius 2 is 0.625 bits per heavy atom. The molecule has 0 aromatic carbocycles. The van der Waals surface area contributed by atoms with Crippen LogP contribution in [-0.4, -0.2) is 87.5 Å². The second kappa shape index (κ2) is 61.3. The standard InChI is InChI=1S/C71H141NO8/c1-3-5-7-9-11-13-15-17-19-21-23-25-27-29-31-33-35-37-39-41-43-45-47-49-51-53-55-57-59-61-67(75)72-64(63-79-71-70(78)69(77)68(76)66(62-73)80-71)65(74)60-58-56-54-52-50-48-46-44-42-40-38-36-34-32-30-28-26-24-22-20-18-16-14-12-10-8-6-4-2/h64-66,68-71,73-74,76-78H,3-63H2,1-2H3,(H,72,75). The molecule has 0 aromatic rings. The third-order valence-corrected chi connectivity index (χ3v) is 18.0. The Hall–Kier alpha value is -0.810. The van der Waals surface area contributed by atoms with Crippen LogP contribution >= 0.6 is 0 Å². The van der Waals surface area contributed by atoms with Crippen molar-refractivity contribution in [1.82, 2.24) is 5.32 Å². The summed E-state index contributed by atoms with van der Waals surface area (Å²) in [5.41, 5.74) is 0. The number of amides is 1. The summed E-state index contributed by atoms with van der Waals surface area (Å²) in [6.45, 7) is 3.91. The molecule has 9 nitrogen and oxygen atoms in total. The van der Waals surface area contributed by atoms with Gasteiger partial charge in [-0.05, 0) is 12.8 Å². The van der Waals surface area contributed by atoms with Gasteiger partial charge in [-0.3, -0.25) is 4.79 Å². The van der Waals surface area contributed by atoms with Gasteiger partial charge in [-0.15, -0.1) is 0 Å². The van der Waals surface area contributed by atoms with Crippen LogP contribution in [0.25, 0.3) is 0 Å². The molecule has 0 spiro atoms. The molecule has 9 heteroatoms. The first-order valence-corrected chi connectivity index (χ1v) is 36.2. The predicted molar refractivity (Wildman–Crippen MR) is 341 cm³/mol. The number of rotatable bonds is 65. The van der Waals surface area contributed by atoms with Crippen LogP contribution in [0.1, 0.15) is 393 Å². The Morgan fingerprint density at radius 3 is 0.887 bits per heavy atom. The van der Waals surface area contributed by atoms with Crippen LogP contribution in [0, 0.1) is 0 Å². The van der Waals surface area contributed by atoms with Gasteiger partial charge < -0.3 is 40.3 Å². The zero-order valence-corrected chi connectivity index (χ0v) is 53.6. The van der Waals surface area contributed by atoms with E-state index < -0.39 is 49.5 Å². The van der Waals surface area contributed by atoms with Crippen molar-refractivity contribution in [2.45, 2.75) is 436 Å². The second-order valence-electron chi connectivity index (χ2n) is 25.8. The maximum atomic E-state index is 13.2. The molecule has 7 unspecified atom stereocenters. The van der Waals surface area contributed by atoms with Crippen molar-refractivity contribution in [3.05, 3.63) is 0 Å². The fraction of sp³-hybridized carbons (Fsp3) is 0.986. The van der Waals surface area contributed by atoms with Gasteiger partial charge in [0.1, 0.15) is 24.4 Å². The minimum Gasteiger partial charge on any atom is -0.394 e. The molecule has 1 rings (SSSR count). The van der Waals surface area contributed by atoms with E-state index in [1.165, 1.54) is 327 Å². The molecule has 1 heterocycles. The first-order chi connectivity index (χ1) is 39.3. The summed E-state index contributed by atoms with van der Waals surface area (Å²) >= 11 is 0. The number of aliphatic hydroxyl groups excluding tert-OH is 5. The molecule has 0 aromatic heterocycles. The van der Waals surface area contributed by atoms with Crippen molar-refractivity contribution >= 4 is 5.91 Å². The van der Waals surface area contributed by atoms with Crippen molar-refractivity contribution in [3.63, 3.8) is 0 Å². The van der Waals surface area contributed by atoms with E-state index in [-0.39, 0.29) is 12.5 Å². The summed E-state index contributed by atoms with van der Waals surface area (Å²) in [7, 11) is 0. The van der Waals surface area contributed by atoms with Gasteiger partial charge in [0.25, 0.3) is 0 Å². The number of aliphatic hydroxyl groups is 5. The highest BCUT2D eigenvalue weighted by Gasteiger charge is 2.44. The van der Waals surface area contributed by atoms with Crippen molar-refractivity contribution in [2.24, 2.45) is 0 Å². The summed E-state index contributed by atoms with van der Waals surface area (Å²) in [4.78, 5) is 13.2. The van der Waals surface area contributed by atoms with Gasteiger partial charge in [0, 0.05) is 6.42 Å². The zero-order chi connectivity index (χ0) is 57.9. The molecular weight excluding hydrogens is 995 g/mol. The van der Waals surface area contributed by atoms with Crippen molar-refractivity contribution in [2.75, 3.05) is 13.2 Å². The number of nitrogens with one attached hydrogen (secondary N) is 1. The fourth-order valence-electron chi connectivity index (χ4n) is 12.3. The summed E-state index contributed by atoms with van der Waals surface area (Å²) in [5, 5.41) is 55.0. The van der Waals surface area contributed by atoms with E-state index >= 15 is 0 Å². The largest absolute Gasteiger partial charge is 0.394 e. The molecule has 80 heavy (non-hydrogen) atoms. The van der Waals surface area contributed by atoms with E-state index in [0.717, 1.165) is 38.5 Å². The van der Waals surface area contributed by atoms with Crippen molar-refractivity contribution in [3.8, 4) is 0 Å². The number of unbranched alkanes of at least 4 members (excludes halogenated alkanes) is 55.